The second-order valence-electron chi connectivity index (χ2n) is 4.82. The molecule has 5 nitrogen and oxygen atoms in total. The molecule has 0 unspecified atom stereocenters. The number of nitrogens with zero attached hydrogens (tertiary/aromatic N) is 4. The zero-order chi connectivity index (χ0) is 13.1. The van der Waals surface area contributed by atoms with Gasteiger partial charge in [-0.3, -0.25) is 4.98 Å². The molecule has 1 saturated heterocycles. The lowest BCUT2D eigenvalue weighted by Gasteiger charge is -2.30. The fraction of sp³-hybridized carbons (Fsp3) is 0.357. The molecule has 0 bridgehead atoms. The van der Waals surface area contributed by atoms with Crippen molar-refractivity contribution < 1.29 is 0 Å². The molecular weight excluding hydrogens is 238 g/mol. The van der Waals surface area contributed by atoms with Crippen LogP contribution in [0.4, 0.5) is 5.82 Å². The molecule has 2 aromatic heterocycles. The van der Waals surface area contributed by atoms with Crippen LogP contribution in [-0.2, 0) is 0 Å². The number of nitrogens with two attached hydrogens (primary N) is 1. The highest BCUT2D eigenvalue weighted by atomic mass is 15.3. The summed E-state index contributed by atoms with van der Waals surface area (Å²) in [5, 5.41) is 8.56. The fourth-order valence-corrected chi connectivity index (χ4v) is 2.27. The molecule has 0 aromatic carbocycles. The fourth-order valence-electron chi connectivity index (χ4n) is 2.27. The van der Waals surface area contributed by atoms with E-state index in [9.17, 15) is 0 Å². The van der Waals surface area contributed by atoms with E-state index in [1.165, 1.54) is 0 Å². The number of hydrogen-bond donors (Lipinski definition) is 1. The largest absolute Gasteiger partial charge is 0.355 e. The van der Waals surface area contributed by atoms with E-state index < -0.39 is 0 Å². The highest BCUT2D eigenvalue weighted by Crippen LogP contribution is 2.19. The van der Waals surface area contributed by atoms with Gasteiger partial charge in [0.15, 0.2) is 5.82 Å². The highest BCUT2D eigenvalue weighted by molar-refractivity contribution is 5.54. The van der Waals surface area contributed by atoms with Crippen molar-refractivity contribution in [3.63, 3.8) is 0 Å². The Morgan fingerprint density at radius 2 is 1.84 bits per heavy atom. The monoisotopic (exact) mass is 255 g/mol. The Hall–Kier alpha value is -2.01. The van der Waals surface area contributed by atoms with Crippen LogP contribution in [0.3, 0.4) is 0 Å². The molecule has 5 heteroatoms. The Labute approximate surface area is 112 Å². The Bertz CT molecular complexity index is 517. The van der Waals surface area contributed by atoms with E-state index in [2.05, 4.69) is 20.1 Å². The topological polar surface area (TPSA) is 67.9 Å². The summed E-state index contributed by atoms with van der Waals surface area (Å²) >= 11 is 0. The Morgan fingerprint density at radius 3 is 2.47 bits per heavy atom. The molecule has 2 aromatic rings. The summed E-state index contributed by atoms with van der Waals surface area (Å²) in [5.74, 6) is 0.923. The van der Waals surface area contributed by atoms with Crippen molar-refractivity contribution in [1.82, 2.24) is 15.2 Å². The summed E-state index contributed by atoms with van der Waals surface area (Å²) < 4.78 is 0. The molecule has 1 aliphatic rings. The van der Waals surface area contributed by atoms with Gasteiger partial charge >= 0.3 is 0 Å². The van der Waals surface area contributed by atoms with Gasteiger partial charge < -0.3 is 10.6 Å². The summed E-state index contributed by atoms with van der Waals surface area (Å²) in [6.45, 7) is 1.91. The van der Waals surface area contributed by atoms with Crippen LogP contribution in [0.5, 0.6) is 0 Å². The first-order chi connectivity index (χ1) is 9.33. The number of aromatic nitrogens is 3. The Morgan fingerprint density at radius 1 is 1.00 bits per heavy atom. The lowest BCUT2D eigenvalue weighted by Crippen LogP contribution is -2.40. The molecule has 0 amide bonds. The van der Waals surface area contributed by atoms with E-state index in [0.717, 1.165) is 43.1 Å². The van der Waals surface area contributed by atoms with Gasteiger partial charge in [0.1, 0.15) is 5.69 Å². The molecule has 0 saturated carbocycles. The number of pyridine rings is 1. The van der Waals surface area contributed by atoms with Crippen molar-refractivity contribution in [1.29, 1.82) is 0 Å². The van der Waals surface area contributed by atoms with Crippen LogP contribution >= 0.6 is 0 Å². The molecule has 3 heterocycles. The number of rotatable bonds is 2. The van der Waals surface area contributed by atoms with E-state index in [1.54, 1.807) is 6.20 Å². The molecule has 3 rings (SSSR count). The lowest BCUT2D eigenvalue weighted by atomic mass is 10.1. The van der Waals surface area contributed by atoms with E-state index in [4.69, 9.17) is 5.73 Å². The molecule has 1 fully saturated rings. The standard InChI is InChI=1S/C14H17N5/c15-11-6-9-19(10-7-11)14-5-4-13(17-18-14)12-3-1-2-8-16-12/h1-5,8,11H,6-7,9-10,15H2. The molecule has 0 aliphatic carbocycles. The molecule has 0 atom stereocenters. The smallest absolute Gasteiger partial charge is 0.151 e. The van der Waals surface area contributed by atoms with Crippen LogP contribution in [-0.4, -0.2) is 34.3 Å². The maximum absolute atomic E-state index is 5.90. The minimum absolute atomic E-state index is 0.331. The molecule has 0 spiro atoms. The van der Waals surface area contributed by atoms with Crippen molar-refractivity contribution in [2.45, 2.75) is 18.9 Å². The predicted octanol–water partition coefficient (Wildman–Crippen LogP) is 1.47. The van der Waals surface area contributed by atoms with E-state index >= 15 is 0 Å². The van der Waals surface area contributed by atoms with Gasteiger partial charge in [-0.2, -0.15) is 0 Å². The lowest BCUT2D eigenvalue weighted by molar-refractivity contribution is 0.497. The van der Waals surface area contributed by atoms with Gasteiger partial charge in [0.25, 0.3) is 0 Å². The van der Waals surface area contributed by atoms with E-state index in [-0.39, 0.29) is 0 Å². The molecule has 1 aliphatic heterocycles. The zero-order valence-electron chi connectivity index (χ0n) is 10.7. The third-order valence-corrected chi connectivity index (χ3v) is 3.44. The second kappa shape index (κ2) is 5.32. The second-order valence-corrected chi connectivity index (χ2v) is 4.82. The van der Waals surface area contributed by atoms with Crippen LogP contribution < -0.4 is 10.6 Å². The minimum atomic E-state index is 0.331. The SMILES string of the molecule is NC1CCN(c2ccc(-c3ccccn3)nn2)CC1. The van der Waals surface area contributed by atoms with Crippen molar-refractivity contribution in [2.75, 3.05) is 18.0 Å². The van der Waals surface area contributed by atoms with Gasteiger partial charge in [-0.25, -0.2) is 0 Å². The van der Waals surface area contributed by atoms with Gasteiger partial charge in [0, 0.05) is 25.3 Å². The van der Waals surface area contributed by atoms with Crippen LogP contribution in [0, 0.1) is 0 Å². The number of hydrogen-bond acceptors (Lipinski definition) is 5. The quantitative estimate of drug-likeness (QED) is 0.880. The van der Waals surface area contributed by atoms with Crippen molar-refractivity contribution in [3.8, 4) is 11.4 Å². The van der Waals surface area contributed by atoms with Gasteiger partial charge in [-0.1, -0.05) is 6.07 Å². The van der Waals surface area contributed by atoms with Gasteiger partial charge in [-0.05, 0) is 37.1 Å². The number of piperidine rings is 1. The van der Waals surface area contributed by atoms with Crippen molar-refractivity contribution in [3.05, 3.63) is 36.5 Å². The van der Waals surface area contributed by atoms with Gasteiger partial charge in [0.05, 0.1) is 5.69 Å². The first-order valence-electron chi connectivity index (χ1n) is 6.58. The minimum Gasteiger partial charge on any atom is -0.355 e. The average molecular weight is 255 g/mol. The zero-order valence-corrected chi connectivity index (χ0v) is 10.7. The number of anilines is 1. The third kappa shape index (κ3) is 2.71. The predicted molar refractivity (Wildman–Crippen MR) is 74.7 cm³/mol. The Balaban J connectivity index is 1.76. The van der Waals surface area contributed by atoms with Crippen molar-refractivity contribution >= 4 is 5.82 Å². The molecule has 0 radical (unpaired) electrons. The first-order valence-corrected chi connectivity index (χ1v) is 6.58. The van der Waals surface area contributed by atoms with Crippen molar-refractivity contribution in [2.24, 2.45) is 5.73 Å². The first kappa shape index (κ1) is 12.0. The summed E-state index contributed by atoms with van der Waals surface area (Å²) in [4.78, 5) is 6.50. The van der Waals surface area contributed by atoms with Crippen LogP contribution in [0.15, 0.2) is 36.5 Å². The summed E-state index contributed by atoms with van der Waals surface area (Å²) in [6.07, 6.45) is 3.80. The third-order valence-electron chi connectivity index (χ3n) is 3.44. The molecule has 2 N–H and O–H groups in total. The van der Waals surface area contributed by atoms with Gasteiger partial charge in [-0.15, -0.1) is 10.2 Å². The molecule has 98 valence electrons. The van der Waals surface area contributed by atoms with Crippen LogP contribution in [0.1, 0.15) is 12.8 Å². The van der Waals surface area contributed by atoms with Gasteiger partial charge in [0.2, 0.25) is 0 Å². The highest BCUT2D eigenvalue weighted by Gasteiger charge is 2.17. The summed E-state index contributed by atoms with van der Waals surface area (Å²) in [6, 6.07) is 10.1. The Kier molecular flexibility index (Phi) is 3.37. The molecule has 19 heavy (non-hydrogen) atoms. The maximum Gasteiger partial charge on any atom is 0.151 e. The summed E-state index contributed by atoms with van der Waals surface area (Å²) in [7, 11) is 0. The average Bonchev–Trinajstić information content (AvgIpc) is 2.49. The van der Waals surface area contributed by atoms with Crippen LogP contribution in [0.2, 0.25) is 0 Å². The van der Waals surface area contributed by atoms with E-state index in [0.29, 0.717) is 6.04 Å². The van der Waals surface area contributed by atoms with E-state index in [1.807, 2.05) is 30.3 Å². The maximum atomic E-state index is 5.90. The normalized spacial score (nSPS) is 16.6. The summed E-state index contributed by atoms with van der Waals surface area (Å²) in [5.41, 5.74) is 7.56. The van der Waals surface area contributed by atoms with Crippen LogP contribution in [0.25, 0.3) is 11.4 Å². The molecular formula is C14H17N5.